The van der Waals surface area contributed by atoms with Crippen molar-refractivity contribution in [2.24, 2.45) is 4.99 Å². The fourth-order valence-corrected chi connectivity index (χ4v) is 2.97. The summed E-state index contributed by atoms with van der Waals surface area (Å²) < 4.78 is 35.3. The summed E-state index contributed by atoms with van der Waals surface area (Å²) in [5.74, 6) is 0.626. The maximum atomic E-state index is 12.1. The van der Waals surface area contributed by atoms with Gasteiger partial charge in [-0.3, -0.25) is 4.39 Å². The van der Waals surface area contributed by atoms with Crippen LogP contribution in [0.2, 0.25) is 0 Å². The summed E-state index contributed by atoms with van der Waals surface area (Å²) in [6.07, 6.45) is 1.64. The predicted octanol–water partition coefficient (Wildman–Crippen LogP) is 1.81. The van der Waals surface area contributed by atoms with Crippen LogP contribution in [0.25, 0.3) is 0 Å². The predicted molar refractivity (Wildman–Crippen MR) is 87.7 cm³/mol. The Morgan fingerprint density at radius 1 is 1.32 bits per heavy atom. The Morgan fingerprint density at radius 2 is 2.05 bits per heavy atom. The number of aliphatic imine (C=N–C) groups is 1. The third-order valence-electron chi connectivity index (χ3n) is 3.01. The lowest BCUT2D eigenvalue weighted by Gasteiger charge is -2.11. The van der Waals surface area contributed by atoms with Crippen LogP contribution < -0.4 is 10.6 Å². The molecule has 0 aliphatic carbocycles. The molecule has 1 aromatic rings. The number of nitrogens with one attached hydrogen (secondary N) is 2. The van der Waals surface area contributed by atoms with E-state index in [1.807, 2.05) is 13.0 Å². The van der Waals surface area contributed by atoms with Crippen LogP contribution in [0, 0.1) is 6.92 Å². The van der Waals surface area contributed by atoms with Crippen LogP contribution in [-0.4, -0.2) is 40.4 Å². The van der Waals surface area contributed by atoms with E-state index in [0.717, 1.165) is 5.56 Å². The zero-order valence-electron chi connectivity index (χ0n) is 13.3. The van der Waals surface area contributed by atoms with Crippen molar-refractivity contribution in [3.8, 4) is 0 Å². The Labute approximate surface area is 132 Å². The molecule has 0 fully saturated rings. The van der Waals surface area contributed by atoms with E-state index in [0.29, 0.717) is 42.5 Å². The summed E-state index contributed by atoms with van der Waals surface area (Å²) in [4.78, 5) is 4.75. The number of aryl methyl sites for hydroxylation is 1. The average Bonchev–Trinajstić information content (AvgIpc) is 2.43. The molecule has 0 aromatic heterocycles. The zero-order chi connectivity index (χ0) is 16.6. The van der Waals surface area contributed by atoms with Gasteiger partial charge >= 0.3 is 0 Å². The molecule has 124 valence electrons. The lowest BCUT2D eigenvalue weighted by molar-refractivity contribution is 0.470. The fourth-order valence-electron chi connectivity index (χ4n) is 2.01. The molecule has 7 heteroatoms. The Hall–Kier alpha value is -1.63. The van der Waals surface area contributed by atoms with Crippen LogP contribution in [0.5, 0.6) is 0 Å². The molecule has 0 saturated carbocycles. The Morgan fingerprint density at radius 3 is 2.59 bits per heavy atom. The van der Waals surface area contributed by atoms with Crippen LogP contribution in [-0.2, 0) is 16.4 Å². The Bertz CT molecular complexity index is 615. The number of sulfone groups is 1. The molecular weight excluding hydrogens is 305 g/mol. The standard InChI is InChI=1S/C15H24FN3O2S/c1-4-17-15(18-9-5-8-16)19-11-13-6-7-14(12(2)10-13)22(3,20)21/h6-7,10H,4-5,8-9,11H2,1-3H3,(H2,17,18,19). The molecule has 0 saturated heterocycles. The van der Waals surface area contributed by atoms with E-state index in [9.17, 15) is 12.8 Å². The highest BCUT2D eigenvalue weighted by atomic mass is 32.2. The molecule has 1 aromatic carbocycles. The van der Waals surface area contributed by atoms with Gasteiger partial charge in [0, 0.05) is 19.3 Å². The van der Waals surface area contributed by atoms with Crippen molar-refractivity contribution < 1.29 is 12.8 Å². The second-order valence-electron chi connectivity index (χ2n) is 5.04. The molecule has 0 unspecified atom stereocenters. The number of halogens is 1. The van der Waals surface area contributed by atoms with E-state index in [1.54, 1.807) is 19.1 Å². The van der Waals surface area contributed by atoms with Crippen LogP contribution in [0.3, 0.4) is 0 Å². The van der Waals surface area contributed by atoms with Gasteiger partial charge in [0.05, 0.1) is 18.1 Å². The highest BCUT2D eigenvalue weighted by molar-refractivity contribution is 7.90. The molecular formula is C15H24FN3O2S. The third kappa shape index (κ3) is 6.01. The minimum Gasteiger partial charge on any atom is -0.357 e. The summed E-state index contributed by atoms with van der Waals surface area (Å²) in [5, 5.41) is 6.13. The zero-order valence-corrected chi connectivity index (χ0v) is 14.1. The third-order valence-corrected chi connectivity index (χ3v) is 4.26. The van der Waals surface area contributed by atoms with E-state index < -0.39 is 9.84 Å². The first kappa shape index (κ1) is 18.4. The summed E-state index contributed by atoms with van der Waals surface area (Å²) >= 11 is 0. The molecule has 2 N–H and O–H groups in total. The van der Waals surface area contributed by atoms with Crippen LogP contribution in [0.1, 0.15) is 24.5 Å². The monoisotopic (exact) mass is 329 g/mol. The summed E-state index contributed by atoms with van der Waals surface area (Å²) in [7, 11) is -3.20. The maximum absolute atomic E-state index is 12.1. The van der Waals surface area contributed by atoms with Crippen molar-refractivity contribution in [1.82, 2.24) is 10.6 Å². The lowest BCUT2D eigenvalue weighted by atomic mass is 10.1. The number of guanidine groups is 1. The molecule has 0 aliphatic heterocycles. The topological polar surface area (TPSA) is 70.6 Å². The van der Waals surface area contributed by atoms with E-state index >= 15 is 0 Å². The van der Waals surface area contributed by atoms with Gasteiger partial charge in [-0.15, -0.1) is 0 Å². The number of alkyl halides is 1. The Balaban J connectivity index is 2.79. The van der Waals surface area contributed by atoms with Gasteiger partial charge in [0.2, 0.25) is 0 Å². The van der Waals surface area contributed by atoms with Crippen LogP contribution in [0.4, 0.5) is 4.39 Å². The minimum atomic E-state index is -3.20. The lowest BCUT2D eigenvalue weighted by Crippen LogP contribution is -2.37. The Kier molecular flexibility index (Phi) is 7.31. The summed E-state index contributed by atoms with van der Waals surface area (Å²) in [5.41, 5.74) is 1.64. The molecule has 0 amide bonds. The minimum absolute atomic E-state index is 0.341. The quantitative estimate of drug-likeness (QED) is 0.455. The number of rotatable bonds is 7. The van der Waals surface area contributed by atoms with Crippen molar-refractivity contribution >= 4 is 15.8 Å². The van der Waals surface area contributed by atoms with Gasteiger partial charge in [0.25, 0.3) is 0 Å². The largest absolute Gasteiger partial charge is 0.357 e. The van der Waals surface area contributed by atoms with Gasteiger partial charge in [-0.05, 0) is 37.5 Å². The fraction of sp³-hybridized carbons (Fsp3) is 0.533. The van der Waals surface area contributed by atoms with Gasteiger partial charge < -0.3 is 10.6 Å². The number of hydrogen-bond acceptors (Lipinski definition) is 3. The average molecular weight is 329 g/mol. The van der Waals surface area contributed by atoms with E-state index in [4.69, 9.17) is 0 Å². The maximum Gasteiger partial charge on any atom is 0.191 e. The summed E-state index contributed by atoms with van der Waals surface area (Å²) in [6, 6.07) is 5.20. The first-order chi connectivity index (χ1) is 10.4. The molecule has 22 heavy (non-hydrogen) atoms. The molecule has 0 radical (unpaired) electrons. The van der Waals surface area contributed by atoms with E-state index in [-0.39, 0.29) is 6.67 Å². The van der Waals surface area contributed by atoms with Crippen molar-refractivity contribution in [2.45, 2.75) is 31.7 Å². The number of hydrogen-bond donors (Lipinski definition) is 2. The van der Waals surface area contributed by atoms with E-state index in [1.165, 1.54) is 6.26 Å². The van der Waals surface area contributed by atoms with Gasteiger partial charge in [0.15, 0.2) is 15.8 Å². The molecule has 0 atom stereocenters. The highest BCUT2D eigenvalue weighted by Gasteiger charge is 2.10. The molecule has 1 rings (SSSR count). The van der Waals surface area contributed by atoms with Gasteiger partial charge in [-0.1, -0.05) is 12.1 Å². The smallest absolute Gasteiger partial charge is 0.191 e. The number of benzene rings is 1. The molecule has 0 aliphatic rings. The molecule has 0 bridgehead atoms. The van der Waals surface area contributed by atoms with Crippen molar-refractivity contribution in [3.05, 3.63) is 29.3 Å². The van der Waals surface area contributed by atoms with E-state index in [2.05, 4.69) is 15.6 Å². The van der Waals surface area contributed by atoms with Crippen molar-refractivity contribution in [3.63, 3.8) is 0 Å². The van der Waals surface area contributed by atoms with Crippen LogP contribution in [0.15, 0.2) is 28.1 Å². The van der Waals surface area contributed by atoms with Crippen LogP contribution >= 0.6 is 0 Å². The molecule has 5 nitrogen and oxygen atoms in total. The first-order valence-corrected chi connectivity index (χ1v) is 9.15. The second kappa shape index (κ2) is 8.73. The first-order valence-electron chi connectivity index (χ1n) is 7.26. The van der Waals surface area contributed by atoms with Gasteiger partial charge in [-0.25, -0.2) is 13.4 Å². The second-order valence-corrected chi connectivity index (χ2v) is 7.02. The van der Waals surface area contributed by atoms with Crippen molar-refractivity contribution in [1.29, 1.82) is 0 Å². The highest BCUT2D eigenvalue weighted by Crippen LogP contribution is 2.17. The van der Waals surface area contributed by atoms with Crippen molar-refractivity contribution in [2.75, 3.05) is 26.0 Å². The molecule has 0 spiro atoms. The normalized spacial score (nSPS) is 12.3. The number of nitrogens with zero attached hydrogens (tertiary/aromatic N) is 1. The summed E-state index contributed by atoms with van der Waals surface area (Å²) in [6.45, 7) is 5.03. The van der Waals surface area contributed by atoms with Gasteiger partial charge in [-0.2, -0.15) is 0 Å². The molecule has 0 heterocycles. The SMILES string of the molecule is CCNC(=NCc1ccc(S(C)(=O)=O)c(C)c1)NCCCF. The van der Waals surface area contributed by atoms with Gasteiger partial charge in [0.1, 0.15) is 0 Å².